The maximum Gasteiger partial charge on any atom is 0.331 e. The van der Waals surface area contributed by atoms with Gasteiger partial charge in [0.05, 0.1) is 6.61 Å². The summed E-state index contributed by atoms with van der Waals surface area (Å²) < 4.78 is 10.6. The van der Waals surface area contributed by atoms with Crippen molar-refractivity contribution in [3.8, 4) is 5.75 Å². The Bertz CT molecular complexity index is 541. The highest BCUT2D eigenvalue weighted by Gasteiger charge is 2.29. The Morgan fingerprint density at radius 2 is 2.06 bits per heavy atom. The zero-order chi connectivity index (χ0) is 12.8. The van der Waals surface area contributed by atoms with E-state index in [2.05, 4.69) is 19.9 Å². The van der Waals surface area contributed by atoms with Gasteiger partial charge in [0.1, 0.15) is 12.4 Å². The fraction of sp³-hybridized carbons (Fsp3) is 0.400. The molecule has 0 atom stereocenters. The highest BCUT2D eigenvalue weighted by Crippen LogP contribution is 2.39. The molecule has 2 aliphatic heterocycles. The summed E-state index contributed by atoms with van der Waals surface area (Å²) in [5.41, 5.74) is 3.34. The zero-order valence-corrected chi connectivity index (χ0v) is 10.7. The van der Waals surface area contributed by atoms with E-state index in [9.17, 15) is 4.79 Å². The summed E-state index contributed by atoms with van der Waals surface area (Å²) in [4.78, 5) is 11.1. The molecule has 18 heavy (non-hydrogen) atoms. The van der Waals surface area contributed by atoms with E-state index in [1.54, 1.807) is 6.08 Å². The van der Waals surface area contributed by atoms with Gasteiger partial charge in [0.15, 0.2) is 0 Å². The minimum absolute atomic E-state index is 0.119. The fourth-order valence-corrected chi connectivity index (χ4v) is 2.48. The number of carbonyl (C=O) groups is 1. The van der Waals surface area contributed by atoms with Crippen LogP contribution in [-0.4, -0.2) is 19.2 Å². The molecule has 0 aromatic heterocycles. The number of benzene rings is 1. The van der Waals surface area contributed by atoms with Crippen LogP contribution in [0.4, 0.5) is 0 Å². The van der Waals surface area contributed by atoms with Gasteiger partial charge >= 0.3 is 5.97 Å². The molecule has 0 saturated carbocycles. The van der Waals surface area contributed by atoms with E-state index in [-0.39, 0.29) is 11.4 Å². The quantitative estimate of drug-likeness (QED) is 0.712. The first kappa shape index (κ1) is 11.3. The lowest BCUT2D eigenvalue weighted by molar-refractivity contribution is -0.134. The summed E-state index contributed by atoms with van der Waals surface area (Å²) in [5.74, 6) is 0.707. The molecule has 2 heterocycles. The second-order valence-electron chi connectivity index (χ2n) is 5.47. The Morgan fingerprint density at radius 3 is 2.78 bits per heavy atom. The molecule has 3 nitrogen and oxygen atoms in total. The molecule has 1 aromatic rings. The van der Waals surface area contributed by atoms with E-state index in [4.69, 9.17) is 9.47 Å². The lowest BCUT2D eigenvalue weighted by Gasteiger charge is -2.32. The number of esters is 1. The topological polar surface area (TPSA) is 35.5 Å². The molecule has 0 saturated heterocycles. The van der Waals surface area contributed by atoms with Crippen molar-refractivity contribution in [2.24, 2.45) is 0 Å². The van der Waals surface area contributed by atoms with Gasteiger partial charge in [-0.15, -0.1) is 0 Å². The number of rotatable bonds is 1. The van der Waals surface area contributed by atoms with Crippen molar-refractivity contribution in [1.82, 2.24) is 0 Å². The molecular weight excluding hydrogens is 228 g/mol. The fourth-order valence-electron chi connectivity index (χ4n) is 2.48. The van der Waals surface area contributed by atoms with Crippen LogP contribution in [0.15, 0.2) is 24.3 Å². The Labute approximate surface area is 106 Å². The van der Waals surface area contributed by atoms with Gasteiger partial charge in [0.25, 0.3) is 0 Å². The monoisotopic (exact) mass is 244 g/mol. The van der Waals surface area contributed by atoms with Crippen LogP contribution in [0.5, 0.6) is 5.75 Å². The lowest BCUT2D eigenvalue weighted by Crippen LogP contribution is -2.26. The predicted octanol–water partition coefficient (Wildman–Crippen LogP) is 2.69. The van der Waals surface area contributed by atoms with Crippen LogP contribution in [0.25, 0.3) is 5.57 Å². The molecular formula is C15H16O3. The minimum Gasteiger partial charge on any atom is -0.493 e. The molecule has 0 N–H and O–H groups in total. The Morgan fingerprint density at radius 1 is 1.22 bits per heavy atom. The summed E-state index contributed by atoms with van der Waals surface area (Å²) in [7, 11) is 0. The summed E-state index contributed by atoms with van der Waals surface area (Å²) in [5, 5.41) is 0. The van der Waals surface area contributed by atoms with Crippen LogP contribution in [0, 0.1) is 0 Å². The average Bonchev–Trinajstić information content (AvgIpc) is 2.75. The van der Waals surface area contributed by atoms with Gasteiger partial charge in [-0.2, -0.15) is 0 Å². The molecule has 0 spiro atoms. The standard InChI is InChI=1S/C15H16O3/c1-15(2)5-6-17-13-4-3-10(7-12(13)15)11-8-14(16)18-9-11/h3-4,7-8H,5-6,9H2,1-2H3. The summed E-state index contributed by atoms with van der Waals surface area (Å²) in [6.45, 7) is 5.59. The van der Waals surface area contributed by atoms with Crippen LogP contribution < -0.4 is 4.74 Å². The van der Waals surface area contributed by atoms with Crippen molar-refractivity contribution in [3.05, 3.63) is 35.4 Å². The first-order chi connectivity index (χ1) is 8.56. The third kappa shape index (κ3) is 1.80. The summed E-state index contributed by atoms with van der Waals surface area (Å²) in [6.07, 6.45) is 2.58. The maximum atomic E-state index is 11.1. The number of hydrogen-bond acceptors (Lipinski definition) is 3. The van der Waals surface area contributed by atoms with Crippen LogP contribution in [0.2, 0.25) is 0 Å². The van der Waals surface area contributed by atoms with Crippen molar-refractivity contribution in [2.75, 3.05) is 13.2 Å². The van der Waals surface area contributed by atoms with Crippen LogP contribution in [0.3, 0.4) is 0 Å². The third-order valence-corrected chi connectivity index (χ3v) is 3.73. The number of fused-ring (bicyclic) bond motifs is 1. The van der Waals surface area contributed by atoms with Crippen LogP contribution in [-0.2, 0) is 14.9 Å². The van der Waals surface area contributed by atoms with Crippen LogP contribution in [0.1, 0.15) is 31.4 Å². The number of hydrogen-bond donors (Lipinski definition) is 0. The SMILES string of the molecule is CC1(C)CCOc2ccc(C3=CC(=O)OC3)cc21. The van der Waals surface area contributed by atoms with Gasteiger partial charge in [-0.1, -0.05) is 19.9 Å². The lowest BCUT2D eigenvalue weighted by atomic mass is 9.79. The second-order valence-corrected chi connectivity index (χ2v) is 5.47. The van der Waals surface area contributed by atoms with E-state index < -0.39 is 0 Å². The Hall–Kier alpha value is -1.77. The van der Waals surface area contributed by atoms with E-state index in [0.717, 1.165) is 29.9 Å². The highest BCUT2D eigenvalue weighted by molar-refractivity contribution is 5.95. The van der Waals surface area contributed by atoms with E-state index >= 15 is 0 Å². The van der Waals surface area contributed by atoms with E-state index in [0.29, 0.717) is 6.61 Å². The average molecular weight is 244 g/mol. The zero-order valence-electron chi connectivity index (χ0n) is 10.7. The Kier molecular flexibility index (Phi) is 2.44. The Balaban J connectivity index is 2.05. The predicted molar refractivity (Wildman–Crippen MR) is 68.5 cm³/mol. The molecule has 3 rings (SSSR count). The van der Waals surface area contributed by atoms with Crippen molar-refractivity contribution in [1.29, 1.82) is 0 Å². The van der Waals surface area contributed by atoms with E-state index in [1.165, 1.54) is 5.56 Å². The molecule has 0 fully saturated rings. The van der Waals surface area contributed by atoms with Crippen LogP contribution >= 0.6 is 0 Å². The summed E-state index contributed by atoms with van der Waals surface area (Å²) in [6, 6.07) is 6.12. The minimum atomic E-state index is -0.252. The van der Waals surface area contributed by atoms with Gasteiger partial charge in [0.2, 0.25) is 0 Å². The largest absolute Gasteiger partial charge is 0.493 e. The molecule has 0 unspecified atom stereocenters. The smallest absolute Gasteiger partial charge is 0.331 e. The van der Waals surface area contributed by atoms with Gasteiger partial charge < -0.3 is 9.47 Å². The summed E-state index contributed by atoms with van der Waals surface area (Å²) >= 11 is 0. The molecule has 2 aliphatic rings. The van der Waals surface area contributed by atoms with Gasteiger partial charge in [-0.25, -0.2) is 4.79 Å². The van der Waals surface area contributed by atoms with Gasteiger partial charge in [-0.3, -0.25) is 0 Å². The van der Waals surface area contributed by atoms with Gasteiger partial charge in [-0.05, 0) is 29.5 Å². The number of ether oxygens (including phenoxy) is 2. The molecule has 94 valence electrons. The van der Waals surface area contributed by atoms with Crippen molar-refractivity contribution < 1.29 is 14.3 Å². The van der Waals surface area contributed by atoms with Crippen molar-refractivity contribution in [2.45, 2.75) is 25.7 Å². The molecule has 0 amide bonds. The van der Waals surface area contributed by atoms with Crippen molar-refractivity contribution >= 4 is 11.5 Å². The number of cyclic esters (lactones) is 1. The van der Waals surface area contributed by atoms with Crippen molar-refractivity contribution in [3.63, 3.8) is 0 Å². The molecule has 0 bridgehead atoms. The molecule has 0 aliphatic carbocycles. The third-order valence-electron chi connectivity index (χ3n) is 3.73. The maximum absolute atomic E-state index is 11.1. The molecule has 3 heteroatoms. The van der Waals surface area contributed by atoms with Gasteiger partial charge in [0, 0.05) is 17.2 Å². The van der Waals surface area contributed by atoms with E-state index in [1.807, 2.05) is 12.1 Å². The first-order valence-electron chi connectivity index (χ1n) is 6.21. The second kappa shape index (κ2) is 3.87. The highest BCUT2D eigenvalue weighted by atomic mass is 16.5. The molecule has 0 radical (unpaired) electrons. The molecule has 1 aromatic carbocycles. The normalized spacial score (nSPS) is 20.8. The number of carbonyl (C=O) groups excluding carboxylic acids is 1. The first-order valence-corrected chi connectivity index (χ1v) is 6.21.